The largest absolute Gasteiger partial charge is 0.472 e. The van der Waals surface area contributed by atoms with Crippen LogP contribution in [0.4, 0.5) is 5.82 Å². The highest BCUT2D eigenvalue weighted by atomic mass is 31.2. The molecule has 0 saturated carbocycles. The topological polar surface area (TPSA) is 257 Å². The number of phosphoric ester groups is 1. The maximum atomic E-state index is 13.1. The maximum Gasteiger partial charge on any atom is 0.472 e. The normalized spacial score (nSPS) is 36.3. The predicted octanol–water partition coefficient (Wildman–Crippen LogP) is -1.45. The number of anilines is 1. The molecule has 2 bridgehead atoms. The molecule has 0 aromatic carbocycles. The van der Waals surface area contributed by atoms with Crippen LogP contribution in [-0.4, -0.2) is 98.3 Å². The monoisotopic (exact) mass is 593 g/mol. The van der Waals surface area contributed by atoms with Gasteiger partial charge in [0.25, 0.3) is 5.56 Å². The molecule has 0 radical (unpaired) electrons. The summed E-state index contributed by atoms with van der Waals surface area (Å²) in [6.45, 7) is -0.446. The third-order valence-corrected chi connectivity index (χ3v) is 8.40. The fourth-order valence-electron chi connectivity index (χ4n) is 5.45. The van der Waals surface area contributed by atoms with Gasteiger partial charge in [-0.3, -0.25) is 23.0 Å². The first-order valence-corrected chi connectivity index (χ1v) is 14.0. The second-order valence-corrected chi connectivity index (χ2v) is 11.2. The van der Waals surface area contributed by atoms with Gasteiger partial charge in [0.15, 0.2) is 35.7 Å². The number of aliphatic hydroxyl groups is 2. The van der Waals surface area contributed by atoms with Crippen molar-refractivity contribution in [1.82, 2.24) is 39.3 Å². The number of rotatable bonds is 2. The van der Waals surface area contributed by atoms with Gasteiger partial charge in [0.05, 0.1) is 43.7 Å². The van der Waals surface area contributed by atoms with Crippen molar-refractivity contribution in [1.29, 1.82) is 0 Å². The molecule has 3 aliphatic heterocycles. The van der Waals surface area contributed by atoms with E-state index in [1.807, 2.05) is 0 Å². The first kappa shape index (κ1) is 26.5. The van der Waals surface area contributed by atoms with Crippen LogP contribution in [0.2, 0.25) is 0 Å². The number of nitrogens with zero attached hydrogens (tertiary/aromatic N) is 7. The summed E-state index contributed by atoms with van der Waals surface area (Å²) in [5.41, 5.74) is 6.24. The Balaban J connectivity index is 1.16. The van der Waals surface area contributed by atoms with Crippen molar-refractivity contribution in [2.45, 2.75) is 49.6 Å². The number of nitrogens with one attached hydrogen (secondary N) is 1. The molecule has 218 valence electrons. The summed E-state index contributed by atoms with van der Waals surface area (Å²) >= 11 is 0. The van der Waals surface area contributed by atoms with Gasteiger partial charge in [-0.25, -0.2) is 29.6 Å². The molecule has 20 heteroatoms. The Bertz CT molecular complexity index is 1710. The molecule has 0 aliphatic carbocycles. The molecule has 3 aliphatic rings. The van der Waals surface area contributed by atoms with Crippen molar-refractivity contribution in [2.75, 3.05) is 18.9 Å². The summed E-state index contributed by atoms with van der Waals surface area (Å²) in [4.78, 5) is 39.0. The van der Waals surface area contributed by atoms with Gasteiger partial charge in [-0.05, 0) is 6.42 Å². The van der Waals surface area contributed by atoms with E-state index in [1.54, 1.807) is 0 Å². The second kappa shape index (κ2) is 9.86. The van der Waals surface area contributed by atoms with Gasteiger partial charge in [-0.15, -0.1) is 0 Å². The Kier molecular flexibility index (Phi) is 6.38. The fraction of sp³-hybridized carbons (Fsp3) is 0.524. The van der Waals surface area contributed by atoms with E-state index < -0.39 is 69.1 Å². The molecule has 4 aromatic heterocycles. The van der Waals surface area contributed by atoms with Crippen molar-refractivity contribution in [2.24, 2.45) is 5.92 Å². The van der Waals surface area contributed by atoms with Gasteiger partial charge in [0.1, 0.15) is 30.2 Å². The van der Waals surface area contributed by atoms with Gasteiger partial charge < -0.3 is 35.1 Å². The number of nitrogen functional groups attached to an aromatic ring is 1. The van der Waals surface area contributed by atoms with Crippen molar-refractivity contribution in [3.05, 3.63) is 35.5 Å². The van der Waals surface area contributed by atoms with E-state index in [4.69, 9.17) is 29.0 Å². The molecule has 7 heterocycles. The zero-order chi connectivity index (χ0) is 28.5. The van der Waals surface area contributed by atoms with E-state index in [9.17, 15) is 24.5 Å². The van der Waals surface area contributed by atoms with Gasteiger partial charge >= 0.3 is 7.82 Å². The summed E-state index contributed by atoms with van der Waals surface area (Å²) in [5, 5.41) is 28.2. The molecule has 3 fully saturated rings. The lowest BCUT2D eigenvalue weighted by Crippen LogP contribution is -2.37. The van der Waals surface area contributed by atoms with Crippen LogP contribution in [0.15, 0.2) is 30.0 Å². The van der Waals surface area contributed by atoms with Crippen LogP contribution < -0.4 is 11.3 Å². The molecule has 0 amide bonds. The number of hydrogen-bond donors (Lipinski definition) is 5. The van der Waals surface area contributed by atoms with Gasteiger partial charge in [-0.1, -0.05) is 0 Å². The standard InChI is InChI=1S/C21H24N9O10P/c22-16-12-17(24-5-23-16)30(7-26-12)19-13(31)8-1-2-36-21-14(32)15(40-41(34,35)37-4-10(8)38-19)20(39-21)29-6-25-11-9(29)3-27-28-18(11)33/h3,5-8,10,13-15,19-21,31-32H,1-2,4H2,(H,28,33)(H,34,35)(H2,22,23,24)/t8-,10-,13-,14+,15-,19-,20-,21?/m1/s1. The molecule has 19 nitrogen and oxygen atoms in total. The lowest BCUT2D eigenvalue weighted by Gasteiger charge is -2.26. The lowest BCUT2D eigenvalue weighted by atomic mass is 9.95. The molecule has 41 heavy (non-hydrogen) atoms. The summed E-state index contributed by atoms with van der Waals surface area (Å²) < 4.78 is 44.4. The van der Waals surface area contributed by atoms with Crippen LogP contribution in [0.3, 0.4) is 0 Å². The average molecular weight is 593 g/mol. The Morgan fingerprint density at radius 1 is 1.05 bits per heavy atom. The predicted molar refractivity (Wildman–Crippen MR) is 132 cm³/mol. The number of aliphatic hydroxyl groups excluding tert-OH is 2. The number of nitrogens with two attached hydrogens (primary N) is 1. The first-order valence-electron chi connectivity index (χ1n) is 12.5. The van der Waals surface area contributed by atoms with Crippen molar-refractivity contribution < 1.29 is 42.9 Å². The van der Waals surface area contributed by atoms with Crippen LogP contribution in [0.5, 0.6) is 0 Å². The van der Waals surface area contributed by atoms with Crippen LogP contribution in [0, 0.1) is 5.92 Å². The van der Waals surface area contributed by atoms with Crippen molar-refractivity contribution >= 4 is 35.8 Å². The number of aromatic amines is 1. The van der Waals surface area contributed by atoms with E-state index in [1.165, 1.54) is 34.3 Å². The van der Waals surface area contributed by atoms with Crippen LogP contribution in [0.25, 0.3) is 22.2 Å². The molecule has 0 spiro atoms. The molecule has 7 rings (SSSR count). The summed E-state index contributed by atoms with van der Waals surface area (Å²) in [5.74, 6) is -0.488. The van der Waals surface area contributed by atoms with Gasteiger partial charge in [0.2, 0.25) is 0 Å². The lowest BCUT2D eigenvalue weighted by molar-refractivity contribution is -0.178. The number of fused-ring (bicyclic) bond motifs is 5. The number of phosphoric acid groups is 1. The maximum absolute atomic E-state index is 13.1. The Morgan fingerprint density at radius 2 is 1.85 bits per heavy atom. The van der Waals surface area contributed by atoms with E-state index >= 15 is 0 Å². The molecule has 3 saturated heterocycles. The zero-order valence-electron chi connectivity index (χ0n) is 20.9. The minimum absolute atomic E-state index is 0.00203. The number of aromatic nitrogens is 8. The Morgan fingerprint density at radius 3 is 2.71 bits per heavy atom. The van der Waals surface area contributed by atoms with E-state index in [0.29, 0.717) is 11.2 Å². The Hall–Kier alpha value is -3.39. The highest BCUT2D eigenvalue weighted by Gasteiger charge is 2.52. The number of hydrogen-bond acceptors (Lipinski definition) is 15. The van der Waals surface area contributed by atoms with Gasteiger partial charge in [0, 0.05) is 5.92 Å². The highest BCUT2D eigenvalue weighted by Crippen LogP contribution is 2.51. The minimum Gasteiger partial charge on any atom is -0.388 e. The zero-order valence-corrected chi connectivity index (χ0v) is 21.8. The number of ether oxygens (including phenoxy) is 3. The first-order chi connectivity index (χ1) is 19.7. The fourth-order valence-corrected chi connectivity index (χ4v) is 6.38. The SMILES string of the molecule is Nc1ncnc2c1ncn2[C@@H]1O[C@@H]2COP(=O)(O)O[C@@H]3[C@H](O)C(OCC[C@H]2[C@H]1O)O[C@H]3n1cnc2c(=O)[nH]ncc21. The second-order valence-electron chi connectivity index (χ2n) is 9.77. The number of imidazole rings is 2. The molecule has 9 atom stereocenters. The molecular formula is C21H24N9O10P. The third-order valence-electron chi connectivity index (χ3n) is 7.42. The molecule has 6 N–H and O–H groups in total. The van der Waals surface area contributed by atoms with E-state index in [0.717, 1.165) is 0 Å². The smallest absolute Gasteiger partial charge is 0.388 e. The van der Waals surface area contributed by atoms with E-state index in [2.05, 4.69) is 30.1 Å². The summed E-state index contributed by atoms with van der Waals surface area (Å²) in [7, 11) is -4.86. The molecule has 4 aromatic rings. The molecule has 2 unspecified atom stereocenters. The van der Waals surface area contributed by atoms with Crippen molar-refractivity contribution in [3.8, 4) is 0 Å². The third kappa shape index (κ3) is 4.42. The average Bonchev–Trinajstić information content (AvgIpc) is 3.69. The highest BCUT2D eigenvalue weighted by molar-refractivity contribution is 7.47. The van der Waals surface area contributed by atoms with Crippen LogP contribution in [-0.2, 0) is 27.8 Å². The summed E-state index contributed by atoms with van der Waals surface area (Å²) in [6, 6.07) is 0. The van der Waals surface area contributed by atoms with Gasteiger partial charge in [-0.2, -0.15) is 5.10 Å². The van der Waals surface area contributed by atoms with Crippen LogP contribution in [0.1, 0.15) is 18.9 Å². The summed E-state index contributed by atoms with van der Waals surface area (Å²) in [6.07, 6.45) is -3.10. The van der Waals surface area contributed by atoms with Crippen molar-refractivity contribution in [3.63, 3.8) is 0 Å². The number of H-pyrrole nitrogens is 1. The minimum atomic E-state index is -4.86. The van der Waals surface area contributed by atoms with Crippen LogP contribution >= 0.6 is 7.82 Å². The Labute approximate surface area is 228 Å². The molecular weight excluding hydrogens is 569 g/mol. The van der Waals surface area contributed by atoms with E-state index in [-0.39, 0.29) is 29.9 Å². The quantitative estimate of drug-likeness (QED) is 0.167.